The van der Waals surface area contributed by atoms with Crippen LogP contribution in [-0.4, -0.2) is 57.2 Å². The molecule has 0 bridgehead atoms. The number of aliphatic hydroxyl groups excluding tert-OH is 1. The SMILES string of the molecule is CC(C)(C)C(O)C(C(c1ccc(F)cc1)N1CCOCC1)n1cncn1. The molecule has 0 saturated carbocycles. The molecule has 3 rings (SSSR count). The zero-order chi connectivity index (χ0) is 18.7. The molecule has 1 aromatic heterocycles. The van der Waals surface area contributed by atoms with Crippen molar-refractivity contribution < 1.29 is 14.2 Å². The topological polar surface area (TPSA) is 63.4 Å². The third kappa shape index (κ3) is 4.11. The third-order valence-corrected chi connectivity index (χ3v) is 4.93. The Morgan fingerprint density at radius 3 is 2.35 bits per heavy atom. The first kappa shape index (κ1) is 18.9. The summed E-state index contributed by atoms with van der Waals surface area (Å²) in [5, 5.41) is 15.5. The van der Waals surface area contributed by atoms with Gasteiger partial charge < -0.3 is 9.84 Å². The maximum Gasteiger partial charge on any atom is 0.137 e. The normalized spacial score (nSPS) is 19.9. The molecule has 0 spiro atoms. The molecular formula is C19H27FN4O2. The van der Waals surface area contributed by atoms with E-state index in [0.717, 1.165) is 18.7 Å². The molecule has 0 radical (unpaired) electrons. The van der Waals surface area contributed by atoms with Crippen LogP contribution in [0.4, 0.5) is 4.39 Å². The lowest BCUT2D eigenvalue weighted by molar-refractivity contribution is -0.0518. The third-order valence-electron chi connectivity index (χ3n) is 4.93. The Bertz CT molecular complexity index is 679. The largest absolute Gasteiger partial charge is 0.390 e. The summed E-state index contributed by atoms with van der Waals surface area (Å²) < 4.78 is 20.7. The molecule has 2 heterocycles. The Balaban J connectivity index is 2.07. The zero-order valence-corrected chi connectivity index (χ0v) is 15.5. The summed E-state index contributed by atoms with van der Waals surface area (Å²) in [4.78, 5) is 6.36. The van der Waals surface area contributed by atoms with E-state index < -0.39 is 6.10 Å². The molecule has 1 saturated heterocycles. The molecule has 2 aromatic rings. The number of ether oxygens (including phenoxy) is 1. The lowest BCUT2D eigenvalue weighted by atomic mass is 9.80. The second kappa shape index (κ2) is 7.82. The van der Waals surface area contributed by atoms with Gasteiger partial charge in [0.15, 0.2) is 0 Å². The van der Waals surface area contributed by atoms with Gasteiger partial charge in [0, 0.05) is 13.1 Å². The van der Waals surface area contributed by atoms with E-state index in [1.165, 1.54) is 18.5 Å². The number of hydrogen-bond donors (Lipinski definition) is 1. The second-order valence-electron chi connectivity index (χ2n) is 7.82. The molecule has 1 aromatic carbocycles. The molecule has 3 unspecified atom stereocenters. The standard InChI is InChI=1S/C19H27FN4O2/c1-19(2,3)18(25)17(24-13-21-12-22-24)16(23-8-10-26-11-9-23)14-4-6-15(20)7-5-14/h4-7,12-13,16-18,25H,8-11H2,1-3H3. The van der Waals surface area contributed by atoms with Gasteiger partial charge in [0.1, 0.15) is 18.5 Å². The van der Waals surface area contributed by atoms with Gasteiger partial charge in [-0.15, -0.1) is 0 Å². The first-order valence-corrected chi connectivity index (χ1v) is 8.97. The van der Waals surface area contributed by atoms with Crippen LogP contribution in [0.2, 0.25) is 0 Å². The summed E-state index contributed by atoms with van der Waals surface area (Å²) in [5.74, 6) is -0.275. The zero-order valence-electron chi connectivity index (χ0n) is 15.5. The van der Waals surface area contributed by atoms with Crippen LogP contribution < -0.4 is 0 Å². The molecule has 3 atom stereocenters. The predicted octanol–water partition coefficient (Wildman–Crippen LogP) is 2.44. The minimum atomic E-state index is -0.679. The highest BCUT2D eigenvalue weighted by Crippen LogP contribution is 2.40. The van der Waals surface area contributed by atoms with Crippen LogP contribution in [0.1, 0.15) is 38.4 Å². The highest BCUT2D eigenvalue weighted by Gasteiger charge is 2.41. The van der Waals surface area contributed by atoms with Crippen LogP contribution >= 0.6 is 0 Å². The molecule has 7 heteroatoms. The monoisotopic (exact) mass is 362 g/mol. The van der Waals surface area contributed by atoms with E-state index in [1.807, 2.05) is 20.8 Å². The Kier molecular flexibility index (Phi) is 5.70. The Morgan fingerprint density at radius 2 is 1.81 bits per heavy atom. The fourth-order valence-corrected chi connectivity index (χ4v) is 3.49. The molecule has 0 aliphatic carbocycles. The van der Waals surface area contributed by atoms with E-state index in [4.69, 9.17) is 4.74 Å². The van der Waals surface area contributed by atoms with Crippen molar-refractivity contribution in [1.29, 1.82) is 0 Å². The molecule has 1 fully saturated rings. The van der Waals surface area contributed by atoms with Gasteiger partial charge in [-0.25, -0.2) is 14.1 Å². The van der Waals surface area contributed by atoms with E-state index in [1.54, 1.807) is 23.1 Å². The summed E-state index contributed by atoms with van der Waals surface area (Å²) in [5.41, 5.74) is 0.582. The van der Waals surface area contributed by atoms with Crippen molar-refractivity contribution in [1.82, 2.24) is 19.7 Å². The van der Waals surface area contributed by atoms with Crippen molar-refractivity contribution >= 4 is 0 Å². The van der Waals surface area contributed by atoms with E-state index in [0.29, 0.717) is 13.2 Å². The molecule has 6 nitrogen and oxygen atoms in total. The van der Waals surface area contributed by atoms with E-state index in [-0.39, 0.29) is 23.3 Å². The van der Waals surface area contributed by atoms with E-state index >= 15 is 0 Å². The number of morpholine rings is 1. The lowest BCUT2D eigenvalue weighted by Gasteiger charge is -2.43. The minimum absolute atomic E-state index is 0.171. The van der Waals surface area contributed by atoms with Crippen molar-refractivity contribution in [2.75, 3.05) is 26.3 Å². The quantitative estimate of drug-likeness (QED) is 0.885. The van der Waals surface area contributed by atoms with Crippen LogP contribution in [-0.2, 0) is 4.74 Å². The molecule has 1 aliphatic heterocycles. The van der Waals surface area contributed by atoms with Crippen LogP contribution in [0.15, 0.2) is 36.9 Å². The van der Waals surface area contributed by atoms with Crippen molar-refractivity contribution in [3.05, 3.63) is 48.3 Å². The fraction of sp³-hybridized carbons (Fsp3) is 0.579. The Morgan fingerprint density at radius 1 is 1.15 bits per heavy atom. The highest BCUT2D eigenvalue weighted by atomic mass is 19.1. The maximum absolute atomic E-state index is 13.5. The van der Waals surface area contributed by atoms with Gasteiger partial charge >= 0.3 is 0 Å². The van der Waals surface area contributed by atoms with Gasteiger partial charge in [-0.1, -0.05) is 32.9 Å². The maximum atomic E-state index is 13.5. The first-order valence-electron chi connectivity index (χ1n) is 8.97. The molecule has 1 N–H and O–H groups in total. The lowest BCUT2D eigenvalue weighted by Crippen LogP contribution is -2.48. The fourth-order valence-electron chi connectivity index (χ4n) is 3.49. The molecule has 1 aliphatic rings. The molecule has 0 amide bonds. The van der Waals surface area contributed by atoms with E-state index in [2.05, 4.69) is 15.0 Å². The molecular weight excluding hydrogens is 335 g/mol. The van der Waals surface area contributed by atoms with Gasteiger partial charge in [0.05, 0.1) is 31.4 Å². The Hall–Kier alpha value is -1.83. The summed E-state index contributed by atoms with van der Waals surface area (Å²) in [7, 11) is 0. The van der Waals surface area contributed by atoms with Crippen molar-refractivity contribution in [3.63, 3.8) is 0 Å². The van der Waals surface area contributed by atoms with Crippen molar-refractivity contribution in [3.8, 4) is 0 Å². The Labute approximate surface area is 153 Å². The highest BCUT2D eigenvalue weighted by molar-refractivity contribution is 5.22. The van der Waals surface area contributed by atoms with Gasteiger partial charge in [-0.2, -0.15) is 5.10 Å². The summed E-state index contributed by atoms with van der Waals surface area (Å²) in [6, 6.07) is 5.97. The molecule has 142 valence electrons. The van der Waals surface area contributed by atoms with Crippen molar-refractivity contribution in [2.24, 2.45) is 5.41 Å². The van der Waals surface area contributed by atoms with Crippen LogP contribution in [0, 0.1) is 11.2 Å². The number of nitrogens with zero attached hydrogens (tertiary/aromatic N) is 4. The van der Waals surface area contributed by atoms with Crippen LogP contribution in [0.5, 0.6) is 0 Å². The van der Waals surface area contributed by atoms with Gasteiger partial charge in [0.25, 0.3) is 0 Å². The smallest absolute Gasteiger partial charge is 0.137 e. The van der Waals surface area contributed by atoms with E-state index in [9.17, 15) is 9.50 Å². The first-order chi connectivity index (χ1) is 12.4. The number of aliphatic hydroxyl groups is 1. The average molecular weight is 362 g/mol. The number of benzene rings is 1. The minimum Gasteiger partial charge on any atom is -0.390 e. The number of rotatable bonds is 5. The number of hydrogen-bond acceptors (Lipinski definition) is 5. The van der Waals surface area contributed by atoms with Crippen LogP contribution in [0.25, 0.3) is 0 Å². The summed E-state index contributed by atoms with van der Waals surface area (Å²) in [6.45, 7) is 8.75. The average Bonchev–Trinajstić information content (AvgIpc) is 3.14. The van der Waals surface area contributed by atoms with Crippen LogP contribution in [0.3, 0.4) is 0 Å². The summed E-state index contributed by atoms with van der Waals surface area (Å²) >= 11 is 0. The van der Waals surface area contributed by atoms with Gasteiger partial charge in [-0.05, 0) is 23.1 Å². The number of halogens is 1. The second-order valence-corrected chi connectivity index (χ2v) is 7.82. The van der Waals surface area contributed by atoms with Gasteiger partial charge in [-0.3, -0.25) is 4.90 Å². The number of aromatic nitrogens is 3. The van der Waals surface area contributed by atoms with Crippen molar-refractivity contribution in [2.45, 2.75) is 39.0 Å². The summed E-state index contributed by atoms with van der Waals surface area (Å²) in [6.07, 6.45) is 2.43. The predicted molar refractivity (Wildman–Crippen MR) is 96.1 cm³/mol. The van der Waals surface area contributed by atoms with Gasteiger partial charge in [0.2, 0.25) is 0 Å². The molecule has 26 heavy (non-hydrogen) atoms.